The van der Waals surface area contributed by atoms with Crippen molar-refractivity contribution in [1.82, 2.24) is 4.90 Å². The summed E-state index contributed by atoms with van der Waals surface area (Å²) in [5.41, 5.74) is 0.800. The first kappa shape index (κ1) is 13.4. The fourth-order valence-corrected chi connectivity index (χ4v) is 2.67. The minimum Gasteiger partial charge on any atom is -0.481 e. The number of benzene rings is 1. The van der Waals surface area contributed by atoms with E-state index < -0.39 is 11.9 Å². The molecule has 1 N–H and O–H groups in total. The Hall–Kier alpha value is -1.06. The number of rotatable bonds is 5. The number of hydrogen-bond donors (Lipinski definition) is 1. The smallest absolute Gasteiger partial charge is 0.311 e. The van der Waals surface area contributed by atoms with Gasteiger partial charge in [0.1, 0.15) is 0 Å². The van der Waals surface area contributed by atoms with E-state index in [4.69, 9.17) is 11.6 Å². The number of hydrogen-bond acceptors (Lipinski definition) is 2. The average molecular weight is 268 g/mol. The van der Waals surface area contributed by atoms with Crippen LogP contribution in [-0.4, -0.2) is 35.6 Å². The first-order valence-corrected chi connectivity index (χ1v) is 6.75. The number of aliphatic carboxylic acids is 1. The van der Waals surface area contributed by atoms with E-state index in [0.717, 1.165) is 25.2 Å². The Bertz CT molecular complexity index is 416. The van der Waals surface area contributed by atoms with Gasteiger partial charge in [0, 0.05) is 5.02 Å². The van der Waals surface area contributed by atoms with Crippen molar-refractivity contribution in [2.24, 2.45) is 0 Å². The highest BCUT2D eigenvalue weighted by Crippen LogP contribution is 2.24. The minimum absolute atomic E-state index is 0.454. The van der Waals surface area contributed by atoms with Crippen molar-refractivity contribution in [2.75, 3.05) is 19.6 Å². The molecule has 1 unspecified atom stereocenters. The standard InChI is InChI=1S/C14H18ClNO2/c15-12-5-3-4-11(10-12)13(14(17)18)6-9-16-7-1-2-8-16/h3-5,10,13H,1-2,6-9H2,(H,17,18). The molecular weight excluding hydrogens is 250 g/mol. The van der Waals surface area contributed by atoms with E-state index in [-0.39, 0.29) is 0 Å². The quantitative estimate of drug-likeness (QED) is 0.892. The lowest BCUT2D eigenvalue weighted by molar-refractivity contribution is -0.139. The lowest BCUT2D eigenvalue weighted by Crippen LogP contribution is -2.24. The second-order valence-electron chi connectivity index (χ2n) is 4.78. The summed E-state index contributed by atoms with van der Waals surface area (Å²) >= 11 is 5.92. The van der Waals surface area contributed by atoms with Crippen molar-refractivity contribution in [3.05, 3.63) is 34.9 Å². The molecule has 0 aliphatic carbocycles. The Labute approximate surface area is 112 Å². The molecule has 0 bridgehead atoms. The SMILES string of the molecule is O=C(O)C(CCN1CCCC1)c1cccc(Cl)c1. The van der Waals surface area contributed by atoms with E-state index in [1.165, 1.54) is 12.8 Å². The summed E-state index contributed by atoms with van der Waals surface area (Å²) in [4.78, 5) is 13.7. The summed E-state index contributed by atoms with van der Waals surface area (Å²) in [7, 11) is 0. The molecular formula is C14H18ClNO2. The van der Waals surface area contributed by atoms with Gasteiger partial charge in [-0.1, -0.05) is 23.7 Å². The fraction of sp³-hybridized carbons (Fsp3) is 0.500. The molecule has 0 saturated carbocycles. The van der Waals surface area contributed by atoms with Crippen LogP contribution in [0.4, 0.5) is 0 Å². The van der Waals surface area contributed by atoms with Crippen LogP contribution in [0.15, 0.2) is 24.3 Å². The Balaban J connectivity index is 2.01. The number of carboxylic acid groups (broad SMARTS) is 1. The summed E-state index contributed by atoms with van der Waals surface area (Å²) in [6.45, 7) is 3.05. The van der Waals surface area contributed by atoms with Crippen LogP contribution >= 0.6 is 11.6 Å². The Morgan fingerprint density at radius 2 is 2.11 bits per heavy atom. The van der Waals surface area contributed by atoms with Crippen LogP contribution in [0.25, 0.3) is 0 Å². The van der Waals surface area contributed by atoms with Crippen molar-refractivity contribution < 1.29 is 9.90 Å². The third-order valence-electron chi connectivity index (χ3n) is 3.48. The fourth-order valence-electron chi connectivity index (χ4n) is 2.47. The van der Waals surface area contributed by atoms with E-state index in [1.54, 1.807) is 12.1 Å². The molecule has 0 spiro atoms. The van der Waals surface area contributed by atoms with Crippen molar-refractivity contribution >= 4 is 17.6 Å². The molecule has 0 aromatic heterocycles. The van der Waals surface area contributed by atoms with Crippen molar-refractivity contribution in [1.29, 1.82) is 0 Å². The van der Waals surface area contributed by atoms with Gasteiger partial charge in [-0.05, 0) is 56.6 Å². The average Bonchev–Trinajstić information content (AvgIpc) is 2.82. The van der Waals surface area contributed by atoms with Gasteiger partial charge in [0.2, 0.25) is 0 Å². The number of nitrogens with zero attached hydrogens (tertiary/aromatic N) is 1. The van der Waals surface area contributed by atoms with Gasteiger partial charge in [-0.25, -0.2) is 0 Å². The molecule has 4 heteroatoms. The normalized spacial score (nSPS) is 17.8. The first-order chi connectivity index (χ1) is 8.66. The molecule has 2 rings (SSSR count). The highest BCUT2D eigenvalue weighted by molar-refractivity contribution is 6.30. The van der Waals surface area contributed by atoms with Crippen LogP contribution in [0.3, 0.4) is 0 Å². The van der Waals surface area contributed by atoms with E-state index in [1.807, 2.05) is 12.1 Å². The second kappa shape index (κ2) is 6.21. The van der Waals surface area contributed by atoms with Gasteiger partial charge in [0.25, 0.3) is 0 Å². The Kier molecular flexibility index (Phi) is 4.61. The first-order valence-electron chi connectivity index (χ1n) is 6.37. The van der Waals surface area contributed by atoms with Gasteiger partial charge in [-0.3, -0.25) is 4.79 Å². The summed E-state index contributed by atoms with van der Waals surface area (Å²) in [6, 6.07) is 7.17. The van der Waals surface area contributed by atoms with E-state index in [2.05, 4.69) is 4.90 Å². The maximum absolute atomic E-state index is 11.4. The summed E-state index contributed by atoms with van der Waals surface area (Å²) < 4.78 is 0. The minimum atomic E-state index is -0.767. The maximum atomic E-state index is 11.4. The second-order valence-corrected chi connectivity index (χ2v) is 5.22. The Morgan fingerprint density at radius 1 is 1.39 bits per heavy atom. The highest BCUT2D eigenvalue weighted by Gasteiger charge is 2.22. The highest BCUT2D eigenvalue weighted by atomic mass is 35.5. The number of carbonyl (C=O) groups is 1. The zero-order chi connectivity index (χ0) is 13.0. The van der Waals surface area contributed by atoms with E-state index in [9.17, 15) is 9.90 Å². The molecule has 1 aromatic carbocycles. The van der Waals surface area contributed by atoms with Crippen LogP contribution in [-0.2, 0) is 4.79 Å². The zero-order valence-electron chi connectivity index (χ0n) is 10.3. The number of carboxylic acids is 1. The van der Waals surface area contributed by atoms with Gasteiger partial charge in [0.05, 0.1) is 5.92 Å². The molecule has 0 radical (unpaired) electrons. The third kappa shape index (κ3) is 3.47. The number of likely N-dealkylation sites (tertiary alicyclic amines) is 1. The maximum Gasteiger partial charge on any atom is 0.311 e. The third-order valence-corrected chi connectivity index (χ3v) is 3.72. The summed E-state index contributed by atoms with van der Waals surface area (Å²) in [5.74, 6) is -1.22. The molecule has 1 fully saturated rings. The summed E-state index contributed by atoms with van der Waals surface area (Å²) in [5, 5.41) is 9.93. The molecule has 98 valence electrons. The lowest BCUT2D eigenvalue weighted by atomic mass is 9.96. The molecule has 1 aliphatic heterocycles. The largest absolute Gasteiger partial charge is 0.481 e. The van der Waals surface area contributed by atoms with E-state index >= 15 is 0 Å². The number of halogens is 1. The molecule has 1 aromatic rings. The molecule has 1 atom stereocenters. The summed E-state index contributed by atoms with van der Waals surface area (Å²) in [6.07, 6.45) is 3.11. The van der Waals surface area contributed by atoms with E-state index in [0.29, 0.717) is 11.4 Å². The lowest BCUT2D eigenvalue weighted by Gasteiger charge is -2.18. The van der Waals surface area contributed by atoms with Gasteiger partial charge < -0.3 is 10.0 Å². The van der Waals surface area contributed by atoms with Crippen LogP contribution in [0.1, 0.15) is 30.7 Å². The molecule has 1 aliphatic rings. The molecule has 1 saturated heterocycles. The van der Waals surface area contributed by atoms with Crippen LogP contribution in [0.5, 0.6) is 0 Å². The van der Waals surface area contributed by atoms with Gasteiger partial charge in [-0.2, -0.15) is 0 Å². The van der Waals surface area contributed by atoms with Crippen molar-refractivity contribution in [3.63, 3.8) is 0 Å². The molecule has 1 heterocycles. The Morgan fingerprint density at radius 3 is 2.72 bits per heavy atom. The van der Waals surface area contributed by atoms with Crippen LogP contribution < -0.4 is 0 Å². The molecule has 18 heavy (non-hydrogen) atoms. The predicted molar refractivity (Wildman–Crippen MR) is 72.1 cm³/mol. The predicted octanol–water partition coefficient (Wildman–Crippen LogP) is 2.99. The van der Waals surface area contributed by atoms with Gasteiger partial charge in [0.15, 0.2) is 0 Å². The van der Waals surface area contributed by atoms with Crippen LogP contribution in [0.2, 0.25) is 5.02 Å². The van der Waals surface area contributed by atoms with Gasteiger partial charge >= 0.3 is 5.97 Å². The monoisotopic (exact) mass is 267 g/mol. The molecule has 3 nitrogen and oxygen atoms in total. The molecule has 0 amide bonds. The zero-order valence-corrected chi connectivity index (χ0v) is 11.1. The van der Waals surface area contributed by atoms with Crippen molar-refractivity contribution in [2.45, 2.75) is 25.2 Å². The van der Waals surface area contributed by atoms with Crippen molar-refractivity contribution in [3.8, 4) is 0 Å². The van der Waals surface area contributed by atoms with Crippen LogP contribution in [0, 0.1) is 0 Å². The van der Waals surface area contributed by atoms with Gasteiger partial charge in [-0.15, -0.1) is 0 Å². The topological polar surface area (TPSA) is 40.5 Å².